The average molecular weight is 271 g/mol. The third-order valence-corrected chi connectivity index (χ3v) is 5.25. The number of hydrogen-bond acceptors (Lipinski definition) is 5. The van der Waals surface area contributed by atoms with E-state index >= 15 is 0 Å². The molecule has 0 bridgehead atoms. The summed E-state index contributed by atoms with van der Waals surface area (Å²) in [6.45, 7) is 8.86. The van der Waals surface area contributed by atoms with Gasteiger partial charge in [-0.25, -0.2) is 4.98 Å². The molecule has 0 aromatic carbocycles. The summed E-state index contributed by atoms with van der Waals surface area (Å²) in [5, 5.41) is 5.15. The van der Waals surface area contributed by atoms with Crippen LogP contribution in [0.15, 0.2) is 6.20 Å². The summed E-state index contributed by atoms with van der Waals surface area (Å²) >= 11 is 3.91. The first-order valence-corrected chi connectivity index (χ1v) is 8.20. The molecule has 3 nitrogen and oxygen atoms in total. The van der Waals surface area contributed by atoms with Gasteiger partial charge in [-0.2, -0.15) is 11.8 Å². The summed E-state index contributed by atoms with van der Waals surface area (Å²) in [6, 6.07) is 0. The fourth-order valence-electron chi connectivity index (χ4n) is 2.00. The summed E-state index contributed by atoms with van der Waals surface area (Å²) < 4.78 is 0. The average Bonchev–Trinajstić information content (AvgIpc) is 2.77. The zero-order chi connectivity index (χ0) is 12.1. The molecule has 96 valence electrons. The van der Waals surface area contributed by atoms with Gasteiger partial charge in [-0.1, -0.05) is 6.92 Å². The van der Waals surface area contributed by atoms with Crippen LogP contribution in [0, 0.1) is 0 Å². The molecule has 2 heterocycles. The first kappa shape index (κ1) is 13.2. The lowest BCUT2D eigenvalue weighted by molar-refractivity contribution is 0.275. The van der Waals surface area contributed by atoms with Crippen molar-refractivity contribution < 1.29 is 0 Å². The second-order valence-corrected chi connectivity index (χ2v) is 6.82. The Labute approximate surface area is 112 Å². The van der Waals surface area contributed by atoms with Crippen LogP contribution in [0.3, 0.4) is 0 Å². The zero-order valence-corrected chi connectivity index (χ0v) is 12.2. The van der Waals surface area contributed by atoms with Gasteiger partial charge in [0.15, 0.2) is 5.13 Å². The number of nitrogens with zero attached hydrogens (tertiary/aromatic N) is 2. The van der Waals surface area contributed by atoms with Crippen LogP contribution in [-0.4, -0.2) is 40.5 Å². The fourth-order valence-corrected chi connectivity index (χ4v) is 4.18. The smallest absolute Gasteiger partial charge is 0.182 e. The van der Waals surface area contributed by atoms with Crippen LogP contribution in [0.25, 0.3) is 0 Å². The monoisotopic (exact) mass is 271 g/mol. The molecule has 1 N–H and O–H groups in total. The van der Waals surface area contributed by atoms with Crippen LogP contribution in [-0.2, 0) is 6.54 Å². The Kier molecular flexibility index (Phi) is 5.13. The highest BCUT2D eigenvalue weighted by atomic mass is 32.2. The first-order chi connectivity index (χ1) is 8.31. The van der Waals surface area contributed by atoms with E-state index in [1.165, 1.54) is 30.1 Å². The molecule has 5 heteroatoms. The van der Waals surface area contributed by atoms with Crippen LogP contribution in [0.4, 0.5) is 5.13 Å². The summed E-state index contributed by atoms with van der Waals surface area (Å²) in [7, 11) is 0. The SMILES string of the molecule is CCNc1ncc(CN2CCSC(CC)C2)s1. The molecule has 1 unspecified atom stereocenters. The summed E-state index contributed by atoms with van der Waals surface area (Å²) in [6.07, 6.45) is 3.30. The Morgan fingerprint density at radius 3 is 3.18 bits per heavy atom. The van der Waals surface area contributed by atoms with E-state index in [4.69, 9.17) is 0 Å². The molecule has 2 rings (SSSR count). The van der Waals surface area contributed by atoms with Gasteiger partial charge in [-0.05, 0) is 13.3 Å². The van der Waals surface area contributed by atoms with Gasteiger partial charge in [0, 0.05) is 48.3 Å². The van der Waals surface area contributed by atoms with Gasteiger partial charge in [-0.3, -0.25) is 4.90 Å². The van der Waals surface area contributed by atoms with E-state index in [0.717, 1.165) is 23.5 Å². The molecule has 1 fully saturated rings. The Morgan fingerprint density at radius 1 is 1.53 bits per heavy atom. The highest BCUT2D eigenvalue weighted by molar-refractivity contribution is 8.00. The molecule has 1 atom stereocenters. The molecule has 1 aromatic rings. The molecule has 0 amide bonds. The quantitative estimate of drug-likeness (QED) is 0.891. The van der Waals surface area contributed by atoms with Gasteiger partial charge in [-0.15, -0.1) is 11.3 Å². The van der Waals surface area contributed by atoms with E-state index in [9.17, 15) is 0 Å². The highest BCUT2D eigenvalue weighted by Crippen LogP contribution is 2.25. The van der Waals surface area contributed by atoms with Gasteiger partial charge in [0.25, 0.3) is 0 Å². The second-order valence-electron chi connectivity index (χ2n) is 4.30. The fraction of sp³-hybridized carbons (Fsp3) is 0.750. The Bertz CT molecular complexity index is 340. The number of nitrogens with one attached hydrogen (secondary N) is 1. The number of aromatic nitrogens is 1. The van der Waals surface area contributed by atoms with Crippen molar-refractivity contribution in [2.45, 2.75) is 32.1 Å². The van der Waals surface area contributed by atoms with E-state index < -0.39 is 0 Å². The molecule has 17 heavy (non-hydrogen) atoms. The third kappa shape index (κ3) is 3.86. The van der Waals surface area contributed by atoms with Crippen LogP contribution >= 0.6 is 23.1 Å². The Morgan fingerprint density at radius 2 is 2.41 bits per heavy atom. The number of rotatable bonds is 5. The Hall–Kier alpha value is -0.260. The summed E-state index contributed by atoms with van der Waals surface area (Å²) in [4.78, 5) is 8.33. The second kappa shape index (κ2) is 6.61. The zero-order valence-electron chi connectivity index (χ0n) is 10.6. The van der Waals surface area contributed by atoms with Crippen molar-refractivity contribution >= 4 is 28.2 Å². The molecule has 0 aliphatic carbocycles. The van der Waals surface area contributed by atoms with Gasteiger partial charge in [0.05, 0.1) is 0 Å². The Balaban J connectivity index is 1.86. The third-order valence-electron chi connectivity index (χ3n) is 2.94. The standard InChI is InChI=1S/C12H21N3S2/c1-3-10-8-15(5-6-16-10)9-11-7-14-12(17-11)13-4-2/h7,10H,3-6,8-9H2,1-2H3,(H,13,14). The van der Waals surface area contributed by atoms with Crippen molar-refractivity contribution in [1.82, 2.24) is 9.88 Å². The maximum atomic E-state index is 4.39. The minimum atomic E-state index is 0.824. The van der Waals surface area contributed by atoms with Crippen molar-refractivity contribution in [2.75, 3.05) is 30.7 Å². The minimum absolute atomic E-state index is 0.824. The largest absolute Gasteiger partial charge is 0.362 e. The predicted octanol–water partition coefficient (Wildman–Crippen LogP) is 2.90. The van der Waals surface area contributed by atoms with Crippen LogP contribution in [0.2, 0.25) is 0 Å². The van der Waals surface area contributed by atoms with Crippen LogP contribution in [0.5, 0.6) is 0 Å². The minimum Gasteiger partial charge on any atom is -0.362 e. The molecule has 0 saturated carbocycles. The van der Waals surface area contributed by atoms with Gasteiger partial charge < -0.3 is 5.32 Å². The van der Waals surface area contributed by atoms with E-state index in [1.807, 2.05) is 6.20 Å². The van der Waals surface area contributed by atoms with Crippen molar-refractivity contribution in [3.8, 4) is 0 Å². The molecule has 1 aliphatic heterocycles. The summed E-state index contributed by atoms with van der Waals surface area (Å²) in [5.41, 5.74) is 0. The number of anilines is 1. The highest BCUT2D eigenvalue weighted by Gasteiger charge is 2.19. The molecular formula is C12H21N3S2. The van der Waals surface area contributed by atoms with Gasteiger partial charge in [0.2, 0.25) is 0 Å². The normalized spacial score (nSPS) is 21.6. The van der Waals surface area contributed by atoms with E-state index in [-0.39, 0.29) is 0 Å². The number of thioether (sulfide) groups is 1. The maximum Gasteiger partial charge on any atom is 0.182 e. The van der Waals surface area contributed by atoms with E-state index in [2.05, 4.69) is 40.8 Å². The number of thiazole rings is 1. The molecule has 1 saturated heterocycles. The molecular weight excluding hydrogens is 250 g/mol. The predicted molar refractivity (Wildman–Crippen MR) is 78.1 cm³/mol. The summed E-state index contributed by atoms with van der Waals surface area (Å²) in [5.74, 6) is 1.28. The van der Waals surface area contributed by atoms with Crippen LogP contribution < -0.4 is 5.32 Å². The van der Waals surface area contributed by atoms with Crippen LogP contribution in [0.1, 0.15) is 25.1 Å². The molecule has 1 aliphatic rings. The molecule has 0 spiro atoms. The topological polar surface area (TPSA) is 28.2 Å². The van der Waals surface area contributed by atoms with Gasteiger partial charge in [0.1, 0.15) is 0 Å². The lowest BCUT2D eigenvalue weighted by Crippen LogP contribution is -2.36. The molecule has 0 radical (unpaired) electrons. The van der Waals surface area contributed by atoms with E-state index in [0.29, 0.717) is 0 Å². The lowest BCUT2D eigenvalue weighted by Gasteiger charge is -2.31. The maximum absolute atomic E-state index is 4.39. The number of hydrogen-bond donors (Lipinski definition) is 1. The van der Waals surface area contributed by atoms with Crippen molar-refractivity contribution in [2.24, 2.45) is 0 Å². The first-order valence-electron chi connectivity index (χ1n) is 6.34. The van der Waals surface area contributed by atoms with Crippen molar-refractivity contribution in [1.29, 1.82) is 0 Å². The van der Waals surface area contributed by atoms with Crippen molar-refractivity contribution in [3.05, 3.63) is 11.1 Å². The van der Waals surface area contributed by atoms with E-state index in [1.54, 1.807) is 11.3 Å². The van der Waals surface area contributed by atoms with Gasteiger partial charge >= 0.3 is 0 Å². The lowest BCUT2D eigenvalue weighted by atomic mass is 10.3. The molecule has 1 aromatic heterocycles. The van der Waals surface area contributed by atoms with Crippen molar-refractivity contribution in [3.63, 3.8) is 0 Å².